The Morgan fingerprint density at radius 2 is 2.23 bits per heavy atom. The number of anilines is 2. The molecule has 0 saturated carbocycles. The van der Waals surface area contributed by atoms with Gasteiger partial charge >= 0.3 is 0 Å². The van der Waals surface area contributed by atoms with Crippen LogP contribution in [-0.4, -0.2) is 44.9 Å². The zero-order chi connectivity index (χ0) is 19.2. The lowest BCUT2D eigenvalue weighted by molar-refractivity contribution is 0.305. The van der Waals surface area contributed by atoms with Crippen LogP contribution in [0.5, 0.6) is 0 Å². The summed E-state index contributed by atoms with van der Waals surface area (Å²) in [5.74, 6) is -0.423. The molecule has 0 unspecified atom stereocenters. The summed E-state index contributed by atoms with van der Waals surface area (Å²) in [6.07, 6.45) is 2.02. The van der Waals surface area contributed by atoms with Crippen molar-refractivity contribution in [2.24, 2.45) is 10.3 Å². The van der Waals surface area contributed by atoms with Gasteiger partial charge in [0.05, 0.1) is 5.02 Å². The zero-order valence-electron chi connectivity index (χ0n) is 13.7. The van der Waals surface area contributed by atoms with E-state index in [1.54, 1.807) is 0 Å². The Bertz CT molecular complexity index is 826. The Labute approximate surface area is 154 Å². The molecule has 0 atom stereocenters. The molecule has 1 aromatic carbocycles. The lowest BCUT2D eigenvalue weighted by atomic mass is 10.3. The average Bonchev–Trinajstić information content (AvgIpc) is 3.03. The second-order valence-corrected chi connectivity index (χ2v) is 8.05. The van der Waals surface area contributed by atoms with E-state index in [9.17, 15) is 13.8 Å². The molecule has 0 radical (unpaired) electrons. The summed E-state index contributed by atoms with van der Waals surface area (Å²) < 4.78 is 31.9. The van der Waals surface area contributed by atoms with E-state index < -0.39 is 16.1 Å². The number of aromatic nitrogens is 2. The van der Waals surface area contributed by atoms with E-state index in [1.807, 2.05) is 0 Å². The molecule has 0 spiro atoms. The number of thiol groups is 1. The van der Waals surface area contributed by atoms with Crippen LogP contribution < -0.4 is 20.5 Å². The van der Waals surface area contributed by atoms with Crippen LogP contribution in [0.3, 0.4) is 0 Å². The number of amidine groups is 1. The molecule has 0 amide bonds. The summed E-state index contributed by atoms with van der Waals surface area (Å²) in [7, 11) is -2.77. The lowest BCUT2D eigenvalue weighted by Gasteiger charge is -2.14. The highest BCUT2D eigenvalue weighted by Gasteiger charge is 2.18. The number of hydrogen-bond acceptors (Lipinski definition) is 7. The maximum Gasteiger partial charge on any atom is 0.203 e. The van der Waals surface area contributed by atoms with E-state index >= 15 is 0 Å². The van der Waals surface area contributed by atoms with Gasteiger partial charge in [-0.1, -0.05) is 16.8 Å². The second kappa shape index (κ2) is 8.89. The number of benzene rings is 1. The smallest absolute Gasteiger partial charge is 0.203 e. The van der Waals surface area contributed by atoms with Crippen molar-refractivity contribution in [1.29, 1.82) is 0 Å². The third-order valence-electron chi connectivity index (χ3n) is 3.07. The standard InChI is InChI=1S/C13H19ClFN7O3S/c1-26(16,24)18-6-2-5-17-12-11(21-25-22-12)13(20-23)19-8-3-4-10(15)9(14)7-8/h3-4,7,23,26H,2,5-6H2,1H3,(H,17,22)(H,19,20)(H3,16,18,24). The number of nitrogens with zero attached hydrogens (tertiary/aromatic N) is 3. The molecule has 6 N–H and O–H groups in total. The molecule has 10 nitrogen and oxygen atoms in total. The highest BCUT2D eigenvalue weighted by Crippen LogP contribution is 2.21. The predicted octanol–water partition coefficient (Wildman–Crippen LogP) is 0.937. The second-order valence-electron chi connectivity index (χ2n) is 5.34. The van der Waals surface area contributed by atoms with E-state index in [1.165, 1.54) is 18.4 Å². The first kappa shape index (κ1) is 20.0. The number of halogens is 2. The number of nitrogens with one attached hydrogen (secondary N) is 3. The third kappa shape index (κ3) is 5.91. The highest BCUT2D eigenvalue weighted by molar-refractivity contribution is 7.98. The van der Waals surface area contributed by atoms with Crippen molar-refractivity contribution in [3.8, 4) is 0 Å². The molecule has 0 saturated heterocycles. The van der Waals surface area contributed by atoms with Gasteiger partial charge in [0.25, 0.3) is 0 Å². The number of oxime groups is 1. The molecule has 1 heterocycles. The van der Waals surface area contributed by atoms with E-state index in [0.717, 1.165) is 6.07 Å². The topological polar surface area (TPSA) is 151 Å². The fraction of sp³-hybridized carbons (Fsp3) is 0.308. The van der Waals surface area contributed by atoms with Gasteiger partial charge in [-0.2, -0.15) is 0 Å². The molecule has 0 aliphatic rings. The van der Waals surface area contributed by atoms with Crippen LogP contribution in [-0.2, 0) is 10.3 Å². The molecule has 2 aromatic rings. The minimum Gasteiger partial charge on any atom is -0.409 e. The van der Waals surface area contributed by atoms with Gasteiger partial charge in [-0.3, -0.25) is 9.35 Å². The molecule has 0 fully saturated rings. The van der Waals surface area contributed by atoms with E-state index in [-0.39, 0.29) is 22.4 Å². The largest absolute Gasteiger partial charge is 0.409 e. The molecular formula is C13H19ClFN7O3S. The summed E-state index contributed by atoms with van der Waals surface area (Å²) in [5.41, 5.74) is 0.491. The van der Waals surface area contributed by atoms with Crippen LogP contribution in [0.15, 0.2) is 28.0 Å². The van der Waals surface area contributed by atoms with Gasteiger partial charge in [-0.05, 0) is 45.2 Å². The summed E-state index contributed by atoms with van der Waals surface area (Å²) >= 11 is 5.72. The predicted molar refractivity (Wildman–Crippen MR) is 98.4 cm³/mol. The molecule has 0 aliphatic heterocycles. The van der Waals surface area contributed by atoms with Crippen LogP contribution in [0.4, 0.5) is 15.9 Å². The molecule has 26 heavy (non-hydrogen) atoms. The van der Waals surface area contributed by atoms with Crippen LogP contribution in [0, 0.1) is 5.82 Å². The minimum atomic E-state index is -2.77. The molecule has 0 aliphatic carbocycles. The van der Waals surface area contributed by atoms with Crippen molar-refractivity contribution in [2.75, 3.05) is 30.0 Å². The molecule has 144 valence electrons. The van der Waals surface area contributed by atoms with Crippen molar-refractivity contribution < 1.29 is 18.4 Å². The number of nitrogens with two attached hydrogens (primary N) is 1. The molecule has 0 bridgehead atoms. The van der Waals surface area contributed by atoms with Gasteiger partial charge in [-0.15, -0.1) is 0 Å². The summed E-state index contributed by atoms with van der Waals surface area (Å²) in [4.78, 5) is 0. The number of hydrogen-bond donors (Lipinski definition) is 6. The monoisotopic (exact) mass is 407 g/mol. The summed E-state index contributed by atoms with van der Waals surface area (Å²) in [6, 6.07) is 3.90. The molecule has 13 heteroatoms. The summed E-state index contributed by atoms with van der Waals surface area (Å²) in [6.45, 7) is 0.875. The first-order chi connectivity index (χ1) is 12.3. The zero-order valence-corrected chi connectivity index (χ0v) is 15.4. The minimum absolute atomic E-state index is 0.0745. The van der Waals surface area contributed by atoms with E-state index in [4.69, 9.17) is 16.7 Å². The Kier molecular flexibility index (Phi) is 6.85. The Morgan fingerprint density at radius 3 is 2.88 bits per heavy atom. The van der Waals surface area contributed by atoms with Crippen LogP contribution in [0.2, 0.25) is 5.02 Å². The quantitative estimate of drug-likeness (QED) is 0.0951. The van der Waals surface area contributed by atoms with Crippen molar-refractivity contribution >= 4 is 39.2 Å². The van der Waals surface area contributed by atoms with Gasteiger partial charge in [0, 0.05) is 25.0 Å². The van der Waals surface area contributed by atoms with Crippen molar-refractivity contribution in [3.63, 3.8) is 0 Å². The first-order valence-electron chi connectivity index (χ1n) is 7.42. The first-order valence-corrected chi connectivity index (χ1v) is 10.0. The van der Waals surface area contributed by atoms with E-state index in [0.29, 0.717) is 25.2 Å². The number of rotatable bonds is 8. The highest BCUT2D eigenvalue weighted by atomic mass is 35.5. The Hall–Kier alpha value is -2.28. The van der Waals surface area contributed by atoms with Gasteiger partial charge in [0.2, 0.25) is 11.7 Å². The molecular weight excluding hydrogens is 389 g/mol. The van der Waals surface area contributed by atoms with E-state index in [2.05, 4.69) is 35.5 Å². The SMILES string of the molecule is C[SH](N)(=O)NCCCNc1nonc1/C(=N/O)Nc1ccc(F)c(Cl)c1. The van der Waals surface area contributed by atoms with Crippen LogP contribution >= 0.6 is 11.6 Å². The fourth-order valence-corrected chi connectivity index (χ4v) is 2.68. The Balaban J connectivity index is 1.98. The van der Waals surface area contributed by atoms with Crippen LogP contribution in [0.1, 0.15) is 12.1 Å². The van der Waals surface area contributed by atoms with Gasteiger partial charge < -0.3 is 15.8 Å². The van der Waals surface area contributed by atoms with Crippen molar-refractivity contribution in [2.45, 2.75) is 6.42 Å². The van der Waals surface area contributed by atoms with Gasteiger partial charge in [0.15, 0.2) is 5.69 Å². The average molecular weight is 408 g/mol. The lowest BCUT2D eigenvalue weighted by Crippen LogP contribution is -2.38. The Morgan fingerprint density at radius 1 is 1.46 bits per heavy atom. The fourth-order valence-electron chi connectivity index (χ4n) is 1.90. The molecule has 1 aromatic heterocycles. The van der Waals surface area contributed by atoms with Gasteiger partial charge in [0.1, 0.15) is 5.82 Å². The van der Waals surface area contributed by atoms with Crippen molar-refractivity contribution in [1.82, 2.24) is 15.0 Å². The maximum atomic E-state index is 13.2. The third-order valence-corrected chi connectivity index (χ3v) is 4.21. The maximum absolute atomic E-state index is 13.2. The normalized spacial score (nSPS) is 12.8. The van der Waals surface area contributed by atoms with Gasteiger partial charge in [-0.25, -0.2) is 13.7 Å². The van der Waals surface area contributed by atoms with Crippen LogP contribution in [0.25, 0.3) is 0 Å². The summed E-state index contributed by atoms with van der Waals surface area (Å²) in [5, 5.41) is 30.7. The van der Waals surface area contributed by atoms with Crippen molar-refractivity contribution in [3.05, 3.63) is 34.7 Å². The molecule has 2 rings (SSSR count).